The van der Waals surface area contributed by atoms with E-state index in [-0.39, 0.29) is 18.6 Å². The van der Waals surface area contributed by atoms with Gasteiger partial charge in [0.1, 0.15) is 12.4 Å². The summed E-state index contributed by atoms with van der Waals surface area (Å²) in [4.78, 5) is 25.8. The molecule has 3 rings (SSSR count). The highest BCUT2D eigenvalue weighted by Gasteiger charge is 2.31. The summed E-state index contributed by atoms with van der Waals surface area (Å²) < 4.78 is 10.3. The monoisotopic (exact) mass is 357 g/mol. The maximum absolute atomic E-state index is 12.2. The van der Waals surface area contributed by atoms with Crippen LogP contribution in [0.2, 0.25) is 0 Å². The minimum atomic E-state index is -0.457. The molecule has 0 aliphatic carbocycles. The van der Waals surface area contributed by atoms with E-state index in [9.17, 15) is 9.59 Å². The number of ether oxygens (including phenoxy) is 1. The number of amides is 2. The molecule has 0 radical (unpaired) electrons. The summed E-state index contributed by atoms with van der Waals surface area (Å²) in [5.41, 5.74) is 2.77. The molecular formula is C19H23N3O4. The second-order valence-corrected chi connectivity index (χ2v) is 6.50. The fourth-order valence-electron chi connectivity index (χ4n) is 2.95. The molecule has 138 valence electrons. The maximum Gasteiger partial charge on any atom is 0.407 e. The van der Waals surface area contributed by atoms with Crippen LogP contribution in [0.3, 0.4) is 0 Å². The van der Waals surface area contributed by atoms with E-state index in [4.69, 9.17) is 9.26 Å². The third-order valence-corrected chi connectivity index (χ3v) is 4.54. The Hall–Kier alpha value is -2.83. The first-order valence-electron chi connectivity index (χ1n) is 8.69. The van der Waals surface area contributed by atoms with Crippen LogP contribution in [-0.2, 0) is 22.6 Å². The van der Waals surface area contributed by atoms with Gasteiger partial charge < -0.3 is 19.5 Å². The molecule has 1 aromatic carbocycles. The number of likely N-dealkylation sites (tertiary alicyclic amines) is 1. The smallest absolute Gasteiger partial charge is 0.407 e. The van der Waals surface area contributed by atoms with E-state index in [1.165, 1.54) is 0 Å². The van der Waals surface area contributed by atoms with Gasteiger partial charge in [0, 0.05) is 25.1 Å². The predicted molar refractivity (Wildman–Crippen MR) is 94.4 cm³/mol. The van der Waals surface area contributed by atoms with Crippen LogP contribution in [0, 0.1) is 13.8 Å². The minimum Gasteiger partial charge on any atom is -0.445 e. The molecule has 1 saturated heterocycles. The van der Waals surface area contributed by atoms with Crippen LogP contribution in [0.15, 0.2) is 34.9 Å². The topological polar surface area (TPSA) is 84.7 Å². The van der Waals surface area contributed by atoms with Crippen LogP contribution < -0.4 is 5.32 Å². The Labute approximate surface area is 152 Å². The standard InChI is InChI=1S/C19H23N3O4/c1-13-17(14(2)26-21-13)8-9-18(23)22-10-16(11-22)20-19(24)25-12-15-6-4-3-5-7-15/h3-7,16H,8-12H2,1-2H3,(H,20,24). The minimum absolute atomic E-state index is 0.0544. The van der Waals surface area contributed by atoms with Crippen molar-refractivity contribution in [2.24, 2.45) is 0 Å². The van der Waals surface area contributed by atoms with Gasteiger partial charge in [-0.3, -0.25) is 4.79 Å². The van der Waals surface area contributed by atoms with Crippen molar-refractivity contribution in [2.45, 2.75) is 39.3 Å². The van der Waals surface area contributed by atoms with Crippen LogP contribution in [0.25, 0.3) is 0 Å². The Morgan fingerprint density at radius 2 is 2.00 bits per heavy atom. The molecule has 1 N–H and O–H groups in total. The number of nitrogens with zero attached hydrogens (tertiary/aromatic N) is 2. The van der Waals surface area contributed by atoms with Crippen LogP contribution in [0.1, 0.15) is 29.0 Å². The number of carbonyl (C=O) groups excluding carboxylic acids is 2. The molecule has 0 atom stereocenters. The van der Waals surface area contributed by atoms with Gasteiger partial charge in [-0.25, -0.2) is 4.79 Å². The lowest BCUT2D eigenvalue weighted by molar-refractivity contribution is -0.135. The number of alkyl carbamates (subject to hydrolysis) is 1. The van der Waals surface area contributed by atoms with Crippen molar-refractivity contribution in [3.05, 3.63) is 52.9 Å². The number of hydrogen-bond donors (Lipinski definition) is 1. The number of aromatic nitrogens is 1. The van der Waals surface area contributed by atoms with Crippen molar-refractivity contribution in [1.29, 1.82) is 0 Å². The van der Waals surface area contributed by atoms with Gasteiger partial charge >= 0.3 is 6.09 Å². The fraction of sp³-hybridized carbons (Fsp3) is 0.421. The van der Waals surface area contributed by atoms with Crippen molar-refractivity contribution in [3.8, 4) is 0 Å². The van der Waals surface area contributed by atoms with Gasteiger partial charge in [-0.2, -0.15) is 0 Å². The highest BCUT2D eigenvalue weighted by atomic mass is 16.5. The average molecular weight is 357 g/mol. The Kier molecular flexibility index (Phi) is 5.55. The molecule has 0 spiro atoms. The number of nitrogens with one attached hydrogen (secondary N) is 1. The van der Waals surface area contributed by atoms with E-state index in [0.29, 0.717) is 25.9 Å². The summed E-state index contributed by atoms with van der Waals surface area (Å²) in [6.45, 7) is 4.99. The molecule has 1 aliphatic heterocycles. The van der Waals surface area contributed by atoms with Gasteiger partial charge in [-0.1, -0.05) is 35.5 Å². The molecule has 7 nitrogen and oxygen atoms in total. The lowest BCUT2D eigenvalue weighted by atomic mass is 10.0. The molecule has 0 bridgehead atoms. The molecule has 0 unspecified atom stereocenters. The summed E-state index contributed by atoms with van der Waals surface area (Å²) in [6.07, 6.45) is 0.573. The SMILES string of the molecule is Cc1noc(C)c1CCC(=O)N1CC(NC(=O)OCc2ccccc2)C1. The Morgan fingerprint density at radius 3 is 2.65 bits per heavy atom. The highest BCUT2D eigenvalue weighted by molar-refractivity contribution is 5.78. The van der Waals surface area contributed by atoms with Gasteiger partial charge in [0.2, 0.25) is 5.91 Å². The number of aryl methyl sites for hydroxylation is 2. The van der Waals surface area contributed by atoms with Gasteiger partial charge in [0.25, 0.3) is 0 Å². The van der Waals surface area contributed by atoms with E-state index in [2.05, 4.69) is 10.5 Å². The van der Waals surface area contributed by atoms with Crippen molar-refractivity contribution in [2.75, 3.05) is 13.1 Å². The lowest BCUT2D eigenvalue weighted by Crippen LogP contribution is -2.61. The summed E-state index contributed by atoms with van der Waals surface area (Å²) in [5.74, 6) is 0.834. The first-order chi connectivity index (χ1) is 12.5. The van der Waals surface area contributed by atoms with Crippen molar-refractivity contribution < 1.29 is 18.8 Å². The second kappa shape index (κ2) is 8.03. The molecule has 1 aromatic heterocycles. The second-order valence-electron chi connectivity index (χ2n) is 6.50. The summed E-state index contributed by atoms with van der Waals surface area (Å²) in [7, 11) is 0. The fourth-order valence-corrected chi connectivity index (χ4v) is 2.95. The number of rotatable bonds is 6. The van der Waals surface area contributed by atoms with Crippen LogP contribution in [0.5, 0.6) is 0 Å². The Bertz CT molecular complexity index is 747. The normalized spacial score (nSPS) is 14.0. The Morgan fingerprint density at radius 1 is 1.27 bits per heavy atom. The molecule has 0 saturated carbocycles. The van der Waals surface area contributed by atoms with E-state index < -0.39 is 6.09 Å². The van der Waals surface area contributed by atoms with Crippen molar-refractivity contribution in [1.82, 2.24) is 15.4 Å². The Balaban J connectivity index is 1.34. The van der Waals surface area contributed by atoms with Gasteiger partial charge in [-0.15, -0.1) is 0 Å². The third kappa shape index (κ3) is 4.41. The van der Waals surface area contributed by atoms with Crippen molar-refractivity contribution >= 4 is 12.0 Å². The quantitative estimate of drug-likeness (QED) is 0.858. The van der Waals surface area contributed by atoms with Crippen LogP contribution in [0.4, 0.5) is 4.79 Å². The van der Waals surface area contributed by atoms with E-state index >= 15 is 0 Å². The molecule has 7 heteroatoms. The highest BCUT2D eigenvalue weighted by Crippen LogP contribution is 2.17. The van der Waals surface area contributed by atoms with Gasteiger partial charge in [0.05, 0.1) is 11.7 Å². The molecule has 1 fully saturated rings. The molecule has 2 aromatic rings. The van der Waals surface area contributed by atoms with Crippen molar-refractivity contribution in [3.63, 3.8) is 0 Å². The van der Waals surface area contributed by atoms with Crippen LogP contribution in [-0.4, -0.2) is 41.2 Å². The van der Waals surface area contributed by atoms with E-state index in [1.807, 2.05) is 44.2 Å². The van der Waals surface area contributed by atoms with E-state index in [0.717, 1.165) is 22.6 Å². The molecule has 2 heterocycles. The molecule has 1 aliphatic rings. The van der Waals surface area contributed by atoms with Crippen LogP contribution >= 0.6 is 0 Å². The molecule has 2 amide bonds. The third-order valence-electron chi connectivity index (χ3n) is 4.54. The first kappa shape index (κ1) is 18.0. The summed E-state index contributed by atoms with van der Waals surface area (Å²) >= 11 is 0. The number of benzene rings is 1. The lowest BCUT2D eigenvalue weighted by Gasteiger charge is -2.39. The van der Waals surface area contributed by atoms with E-state index in [1.54, 1.807) is 4.90 Å². The maximum atomic E-state index is 12.2. The van der Waals surface area contributed by atoms with Gasteiger partial charge in [-0.05, 0) is 25.8 Å². The zero-order chi connectivity index (χ0) is 18.5. The number of hydrogen-bond acceptors (Lipinski definition) is 5. The molecule has 26 heavy (non-hydrogen) atoms. The first-order valence-corrected chi connectivity index (χ1v) is 8.69. The zero-order valence-corrected chi connectivity index (χ0v) is 15.0. The largest absolute Gasteiger partial charge is 0.445 e. The van der Waals surface area contributed by atoms with Gasteiger partial charge in [0.15, 0.2) is 0 Å². The average Bonchev–Trinajstić information content (AvgIpc) is 2.93. The predicted octanol–water partition coefficient (Wildman–Crippen LogP) is 2.36. The summed E-state index contributed by atoms with van der Waals surface area (Å²) in [6, 6.07) is 9.45. The number of carbonyl (C=O) groups is 2. The molecular weight excluding hydrogens is 334 g/mol. The summed E-state index contributed by atoms with van der Waals surface area (Å²) in [5, 5.41) is 6.68. The zero-order valence-electron chi connectivity index (χ0n) is 15.0.